The van der Waals surface area contributed by atoms with Crippen molar-refractivity contribution in [3.8, 4) is 5.75 Å². The molecule has 0 unspecified atom stereocenters. The number of benzene rings is 3. The number of methoxy groups -OCH3 is 1. The van der Waals surface area contributed by atoms with E-state index in [0.29, 0.717) is 17.2 Å². The molecule has 9 nitrogen and oxygen atoms in total. The van der Waals surface area contributed by atoms with Gasteiger partial charge in [-0.2, -0.15) is 4.98 Å². The highest BCUT2D eigenvalue weighted by atomic mass is 16.5. The van der Waals surface area contributed by atoms with Crippen molar-refractivity contribution >= 4 is 29.6 Å². The van der Waals surface area contributed by atoms with E-state index in [4.69, 9.17) is 9.72 Å². The van der Waals surface area contributed by atoms with Crippen molar-refractivity contribution in [3.63, 3.8) is 0 Å². The van der Waals surface area contributed by atoms with Crippen molar-refractivity contribution in [2.75, 3.05) is 17.7 Å². The first-order valence-corrected chi connectivity index (χ1v) is 13.0. The van der Waals surface area contributed by atoms with E-state index in [2.05, 4.69) is 20.7 Å². The predicted octanol–water partition coefficient (Wildman–Crippen LogP) is 4.87. The number of amides is 1. The molecule has 9 heteroatoms. The second-order valence-electron chi connectivity index (χ2n) is 9.62. The van der Waals surface area contributed by atoms with Crippen LogP contribution in [0.3, 0.4) is 0 Å². The largest absolute Gasteiger partial charge is 0.497 e. The van der Waals surface area contributed by atoms with Crippen molar-refractivity contribution in [2.45, 2.75) is 25.8 Å². The lowest BCUT2D eigenvalue weighted by Gasteiger charge is -2.37. The third-order valence-corrected chi connectivity index (χ3v) is 6.73. The summed E-state index contributed by atoms with van der Waals surface area (Å²) < 4.78 is 6.99. The summed E-state index contributed by atoms with van der Waals surface area (Å²) in [5, 5.41) is 11.0. The van der Waals surface area contributed by atoms with Crippen LogP contribution in [0.4, 0.5) is 11.8 Å². The molecule has 5 aromatic rings. The normalized spacial score (nSPS) is 11.4. The van der Waals surface area contributed by atoms with Gasteiger partial charge >= 0.3 is 0 Å². The topological polar surface area (TPSA) is 111 Å². The molecule has 2 N–H and O–H groups in total. The standard InChI is InChI=1S/C31H30N6O3/c1-21(2)29(39)34-30-33-27(28-32-20-25(18-19-38)37(28)36-30)35-31(22-10-6-4-7-11-22,23-12-8-5-9-13-23)24-14-16-26(40-3)17-15-24/h4-17,19-21H,18H2,1-3H3,(H2,33,34,35,36,39). The molecule has 0 saturated heterocycles. The average Bonchev–Trinajstić information content (AvgIpc) is 3.39. The van der Waals surface area contributed by atoms with E-state index >= 15 is 0 Å². The summed E-state index contributed by atoms with van der Waals surface area (Å²) in [6.45, 7) is 3.59. The van der Waals surface area contributed by atoms with Crippen molar-refractivity contribution in [3.05, 3.63) is 114 Å². The van der Waals surface area contributed by atoms with Crippen molar-refractivity contribution in [1.29, 1.82) is 0 Å². The van der Waals surface area contributed by atoms with Crippen LogP contribution in [0.25, 0.3) is 5.65 Å². The number of ether oxygens (including phenoxy) is 1. The van der Waals surface area contributed by atoms with Crippen molar-refractivity contribution in [2.24, 2.45) is 5.92 Å². The molecule has 202 valence electrons. The summed E-state index contributed by atoms with van der Waals surface area (Å²) in [6.07, 6.45) is 2.49. The summed E-state index contributed by atoms with van der Waals surface area (Å²) in [6, 6.07) is 27.9. The Balaban J connectivity index is 1.79. The molecular formula is C31H30N6O3. The molecule has 0 aliphatic heterocycles. The molecule has 0 aliphatic rings. The smallest absolute Gasteiger partial charge is 0.249 e. The van der Waals surface area contributed by atoms with E-state index in [1.807, 2.05) is 84.9 Å². The lowest BCUT2D eigenvalue weighted by molar-refractivity contribution is -0.119. The Morgan fingerprint density at radius 1 is 0.950 bits per heavy atom. The number of imidazole rings is 1. The van der Waals surface area contributed by atoms with Gasteiger partial charge in [-0.3, -0.25) is 10.1 Å². The highest BCUT2D eigenvalue weighted by molar-refractivity contribution is 5.90. The SMILES string of the molecule is COc1ccc(C(Nc2nc(NC(=O)C(C)C)nn3c(CC=O)cnc23)(c2ccccc2)c2ccccc2)cc1. The van der Waals surface area contributed by atoms with Gasteiger partial charge in [0.25, 0.3) is 0 Å². The van der Waals surface area contributed by atoms with Crippen LogP contribution in [-0.2, 0) is 21.5 Å². The lowest BCUT2D eigenvalue weighted by Crippen LogP contribution is -2.39. The Bertz CT molecular complexity index is 1580. The monoisotopic (exact) mass is 534 g/mol. The summed E-state index contributed by atoms with van der Waals surface area (Å²) >= 11 is 0. The fraction of sp³-hybridized carbons (Fsp3) is 0.194. The van der Waals surface area contributed by atoms with E-state index in [0.717, 1.165) is 28.7 Å². The van der Waals surface area contributed by atoms with Crippen LogP contribution in [0.15, 0.2) is 91.1 Å². The highest BCUT2D eigenvalue weighted by Gasteiger charge is 2.38. The number of rotatable bonds is 10. The van der Waals surface area contributed by atoms with E-state index < -0.39 is 5.54 Å². The minimum absolute atomic E-state index is 0.101. The first kappa shape index (κ1) is 26.6. The van der Waals surface area contributed by atoms with E-state index in [-0.39, 0.29) is 24.2 Å². The zero-order valence-corrected chi connectivity index (χ0v) is 22.5. The number of hydrogen-bond acceptors (Lipinski definition) is 7. The number of hydrogen-bond donors (Lipinski definition) is 2. The van der Waals surface area contributed by atoms with E-state index in [1.165, 1.54) is 0 Å². The molecule has 0 spiro atoms. The minimum atomic E-state index is -0.931. The molecular weight excluding hydrogens is 504 g/mol. The minimum Gasteiger partial charge on any atom is -0.497 e. The first-order valence-electron chi connectivity index (χ1n) is 13.0. The van der Waals surface area contributed by atoms with Gasteiger partial charge in [0.15, 0.2) is 11.5 Å². The molecule has 2 aromatic heterocycles. The number of nitrogens with zero attached hydrogens (tertiary/aromatic N) is 4. The molecule has 0 saturated carbocycles. The maximum absolute atomic E-state index is 12.6. The maximum Gasteiger partial charge on any atom is 0.249 e. The first-order chi connectivity index (χ1) is 19.5. The zero-order chi connectivity index (χ0) is 28.1. The van der Waals surface area contributed by atoms with Gasteiger partial charge in [0.2, 0.25) is 11.9 Å². The Kier molecular flexibility index (Phi) is 7.54. The predicted molar refractivity (Wildman–Crippen MR) is 153 cm³/mol. The van der Waals surface area contributed by atoms with Crippen LogP contribution in [0, 0.1) is 5.92 Å². The highest BCUT2D eigenvalue weighted by Crippen LogP contribution is 2.41. The fourth-order valence-corrected chi connectivity index (χ4v) is 4.65. The Labute approximate surface area is 232 Å². The van der Waals surface area contributed by atoms with E-state index in [1.54, 1.807) is 31.7 Å². The molecule has 40 heavy (non-hydrogen) atoms. The second kappa shape index (κ2) is 11.4. The molecule has 2 heterocycles. The van der Waals surface area contributed by atoms with Crippen LogP contribution < -0.4 is 15.4 Å². The van der Waals surface area contributed by atoms with Crippen LogP contribution in [0.1, 0.15) is 36.2 Å². The Hall–Kier alpha value is -5.05. The number of anilines is 2. The number of fused-ring (bicyclic) bond motifs is 1. The molecule has 0 bridgehead atoms. The Morgan fingerprint density at radius 3 is 2.10 bits per heavy atom. The number of carbonyl (C=O) groups excluding carboxylic acids is 2. The zero-order valence-electron chi connectivity index (χ0n) is 22.5. The summed E-state index contributed by atoms with van der Waals surface area (Å²) in [7, 11) is 1.63. The second-order valence-corrected chi connectivity index (χ2v) is 9.62. The van der Waals surface area contributed by atoms with E-state index in [9.17, 15) is 9.59 Å². The molecule has 3 aromatic carbocycles. The van der Waals surface area contributed by atoms with Crippen molar-refractivity contribution < 1.29 is 14.3 Å². The van der Waals surface area contributed by atoms with Gasteiger partial charge in [-0.1, -0.05) is 86.6 Å². The van der Waals surface area contributed by atoms with Gasteiger partial charge < -0.3 is 14.8 Å². The fourth-order valence-electron chi connectivity index (χ4n) is 4.65. The maximum atomic E-state index is 12.6. The van der Waals surface area contributed by atoms with Gasteiger partial charge in [-0.05, 0) is 28.8 Å². The Morgan fingerprint density at radius 2 is 1.55 bits per heavy atom. The van der Waals surface area contributed by atoms with Crippen LogP contribution >= 0.6 is 0 Å². The van der Waals surface area contributed by atoms with Gasteiger partial charge in [-0.15, -0.1) is 5.10 Å². The summed E-state index contributed by atoms with van der Waals surface area (Å²) in [4.78, 5) is 33.3. The molecule has 5 rings (SSSR count). The number of aromatic nitrogens is 4. The molecule has 0 fully saturated rings. The van der Waals surface area contributed by atoms with Crippen LogP contribution in [-0.4, -0.2) is 38.9 Å². The van der Waals surface area contributed by atoms with Crippen molar-refractivity contribution in [1.82, 2.24) is 19.6 Å². The summed E-state index contributed by atoms with van der Waals surface area (Å²) in [5.41, 5.74) is 2.90. The number of aldehydes is 1. The van der Waals surface area contributed by atoms with Crippen LogP contribution in [0.2, 0.25) is 0 Å². The van der Waals surface area contributed by atoms with Gasteiger partial charge in [-0.25, -0.2) is 9.50 Å². The van der Waals surface area contributed by atoms with Gasteiger partial charge in [0.1, 0.15) is 17.6 Å². The lowest BCUT2D eigenvalue weighted by atomic mass is 9.77. The average molecular weight is 535 g/mol. The number of carbonyl (C=O) groups is 2. The van der Waals surface area contributed by atoms with Gasteiger partial charge in [0.05, 0.1) is 19.0 Å². The van der Waals surface area contributed by atoms with Crippen LogP contribution in [0.5, 0.6) is 5.75 Å². The third-order valence-electron chi connectivity index (χ3n) is 6.73. The third kappa shape index (κ3) is 5.01. The summed E-state index contributed by atoms with van der Waals surface area (Å²) in [5.74, 6) is 0.710. The molecule has 1 amide bonds. The molecule has 0 aliphatic carbocycles. The van der Waals surface area contributed by atoms with Gasteiger partial charge in [0, 0.05) is 12.3 Å². The molecule has 0 radical (unpaired) electrons. The molecule has 0 atom stereocenters. The quantitative estimate of drug-likeness (QED) is 0.194. The number of nitrogens with one attached hydrogen (secondary N) is 2.